The molecule has 1 aromatic heterocycles. The van der Waals surface area contributed by atoms with Gasteiger partial charge in [0.2, 0.25) is 5.91 Å². The lowest BCUT2D eigenvalue weighted by Crippen LogP contribution is -2.33. The quantitative estimate of drug-likeness (QED) is 0.421. The fourth-order valence-electron chi connectivity index (χ4n) is 3.04. The summed E-state index contributed by atoms with van der Waals surface area (Å²) in [6.07, 6.45) is 1.19. The van der Waals surface area contributed by atoms with E-state index in [1.165, 1.54) is 5.56 Å². The lowest BCUT2D eigenvalue weighted by atomic mass is 10.1. The summed E-state index contributed by atoms with van der Waals surface area (Å²) in [4.78, 5) is 19.4. The van der Waals surface area contributed by atoms with Crippen molar-refractivity contribution >= 4 is 17.2 Å². The molecule has 0 unspecified atom stereocenters. The molecule has 0 spiro atoms. The lowest BCUT2D eigenvalue weighted by molar-refractivity contribution is -0.131. The molecule has 0 saturated heterocycles. The third-order valence-corrected chi connectivity index (χ3v) is 5.53. The first-order valence-corrected chi connectivity index (χ1v) is 11.0. The van der Waals surface area contributed by atoms with Crippen molar-refractivity contribution in [3.8, 4) is 5.75 Å². The van der Waals surface area contributed by atoms with Crippen molar-refractivity contribution < 1.29 is 14.3 Å². The first-order valence-electron chi connectivity index (χ1n) is 10.1. The molecule has 3 rings (SSSR count). The topological polar surface area (TPSA) is 51.7 Å². The van der Waals surface area contributed by atoms with Gasteiger partial charge in [0.15, 0.2) is 0 Å². The molecular formula is C24H28N2O3S. The van der Waals surface area contributed by atoms with Crippen LogP contribution in [0.5, 0.6) is 5.75 Å². The Labute approximate surface area is 182 Å². The number of ether oxygens (including phenoxy) is 2. The maximum Gasteiger partial charge on any atom is 0.227 e. The number of amides is 1. The Balaban J connectivity index is 1.59. The second-order valence-electron chi connectivity index (χ2n) is 7.16. The Kier molecular flexibility index (Phi) is 8.41. The zero-order valence-corrected chi connectivity index (χ0v) is 18.4. The van der Waals surface area contributed by atoms with Crippen LogP contribution in [0.15, 0.2) is 60.0 Å². The van der Waals surface area contributed by atoms with Crippen LogP contribution < -0.4 is 4.74 Å². The summed E-state index contributed by atoms with van der Waals surface area (Å²) in [5.41, 5.74) is 3.11. The molecule has 1 heterocycles. The standard InChI is InChI=1S/C24H28N2O3S/c1-19-9-11-22(12-10-19)29-17-23-25-21(18-30-23)16-26(13-6-14-28-2)24(27)15-20-7-4-3-5-8-20/h3-5,7-12,18H,6,13-17H2,1-2H3. The van der Waals surface area contributed by atoms with Crippen molar-refractivity contribution in [3.05, 3.63) is 81.8 Å². The number of thiazole rings is 1. The van der Waals surface area contributed by atoms with Gasteiger partial charge < -0.3 is 14.4 Å². The van der Waals surface area contributed by atoms with Gasteiger partial charge >= 0.3 is 0 Å². The fraction of sp³-hybridized carbons (Fsp3) is 0.333. The molecular weight excluding hydrogens is 396 g/mol. The third-order valence-electron chi connectivity index (χ3n) is 4.66. The fourth-order valence-corrected chi connectivity index (χ4v) is 3.73. The van der Waals surface area contributed by atoms with Gasteiger partial charge in [-0.05, 0) is 31.0 Å². The highest BCUT2D eigenvalue weighted by Crippen LogP contribution is 2.17. The highest BCUT2D eigenvalue weighted by atomic mass is 32.1. The number of benzene rings is 2. The van der Waals surface area contributed by atoms with E-state index in [0.717, 1.165) is 28.4 Å². The van der Waals surface area contributed by atoms with E-state index in [1.807, 2.05) is 71.8 Å². The van der Waals surface area contributed by atoms with E-state index in [2.05, 4.69) is 4.98 Å². The van der Waals surface area contributed by atoms with Gasteiger partial charge in [-0.1, -0.05) is 48.0 Å². The molecule has 0 radical (unpaired) electrons. The number of hydrogen-bond donors (Lipinski definition) is 0. The molecule has 0 saturated carbocycles. The van der Waals surface area contributed by atoms with Gasteiger partial charge in [-0.25, -0.2) is 4.98 Å². The molecule has 6 heteroatoms. The molecule has 30 heavy (non-hydrogen) atoms. The largest absolute Gasteiger partial charge is 0.486 e. The van der Waals surface area contributed by atoms with Crippen LogP contribution in [0.3, 0.4) is 0 Å². The number of methoxy groups -OCH3 is 1. The number of aromatic nitrogens is 1. The van der Waals surface area contributed by atoms with Crippen LogP contribution in [0.4, 0.5) is 0 Å². The molecule has 0 atom stereocenters. The van der Waals surface area contributed by atoms with E-state index in [-0.39, 0.29) is 5.91 Å². The third kappa shape index (κ3) is 6.97. The minimum absolute atomic E-state index is 0.0998. The Bertz CT molecular complexity index is 910. The second kappa shape index (κ2) is 11.5. The van der Waals surface area contributed by atoms with Crippen molar-refractivity contribution in [1.82, 2.24) is 9.88 Å². The lowest BCUT2D eigenvalue weighted by Gasteiger charge is -2.22. The summed E-state index contributed by atoms with van der Waals surface area (Å²) in [5.74, 6) is 0.930. The highest BCUT2D eigenvalue weighted by molar-refractivity contribution is 7.09. The number of carbonyl (C=O) groups excluding carboxylic acids is 1. The van der Waals surface area contributed by atoms with E-state index >= 15 is 0 Å². The van der Waals surface area contributed by atoms with E-state index < -0.39 is 0 Å². The number of nitrogens with zero attached hydrogens (tertiary/aromatic N) is 2. The second-order valence-corrected chi connectivity index (χ2v) is 8.10. The van der Waals surface area contributed by atoms with Crippen LogP contribution in [0.2, 0.25) is 0 Å². The maximum absolute atomic E-state index is 12.9. The molecule has 2 aromatic carbocycles. The first kappa shape index (κ1) is 22.0. The van der Waals surface area contributed by atoms with Crippen molar-refractivity contribution in [2.75, 3.05) is 20.3 Å². The van der Waals surface area contributed by atoms with Crippen LogP contribution in [-0.4, -0.2) is 36.1 Å². The average Bonchev–Trinajstić information content (AvgIpc) is 3.21. The predicted octanol–water partition coefficient (Wildman–Crippen LogP) is 4.64. The van der Waals surface area contributed by atoms with E-state index in [9.17, 15) is 4.79 Å². The van der Waals surface area contributed by atoms with Gasteiger partial charge in [0.1, 0.15) is 17.4 Å². The van der Waals surface area contributed by atoms with Gasteiger partial charge in [0.25, 0.3) is 0 Å². The summed E-state index contributed by atoms with van der Waals surface area (Å²) >= 11 is 1.56. The molecule has 3 aromatic rings. The molecule has 0 bridgehead atoms. The zero-order valence-electron chi connectivity index (χ0n) is 17.5. The number of carbonyl (C=O) groups is 1. The van der Waals surface area contributed by atoms with Crippen LogP contribution in [0.1, 0.15) is 28.2 Å². The van der Waals surface area contributed by atoms with Crippen LogP contribution in [0.25, 0.3) is 0 Å². The summed E-state index contributed by atoms with van der Waals surface area (Å²) < 4.78 is 11.0. The molecule has 0 fully saturated rings. The smallest absolute Gasteiger partial charge is 0.227 e. The maximum atomic E-state index is 12.9. The molecule has 0 aliphatic heterocycles. The average molecular weight is 425 g/mol. The number of hydrogen-bond acceptors (Lipinski definition) is 5. The predicted molar refractivity (Wildman–Crippen MR) is 120 cm³/mol. The minimum atomic E-state index is 0.0998. The van der Waals surface area contributed by atoms with Gasteiger partial charge in [-0.15, -0.1) is 11.3 Å². The van der Waals surface area contributed by atoms with E-state index in [4.69, 9.17) is 9.47 Å². The summed E-state index contributed by atoms with van der Waals surface area (Å²) in [6, 6.07) is 17.8. The van der Waals surface area contributed by atoms with Gasteiger partial charge in [0.05, 0.1) is 18.7 Å². The van der Waals surface area contributed by atoms with Crippen molar-refractivity contribution in [2.24, 2.45) is 0 Å². The molecule has 0 aliphatic carbocycles. The number of aryl methyl sites for hydroxylation is 1. The summed E-state index contributed by atoms with van der Waals surface area (Å²) in [7, 11) is 1.68. The van der Waals surface area contributed by atoms with E-state index in [0.29, 0.717) is 32.7 Å². The number of rotatable bonds is 11. The van der Waals surface area contributed by atoms with Gasteiger partial charge in [0, 0.05) is 25.6 Å². The normalized spacial score (nSPS) is 10.7. The highest BCUT2D eigenvalue weighted by Gasteiger charge is 2.16. The van der Waals surface area contributed by atoms with Crippen molar-refractivity contribution in [3.63, 3.8) is 0 Å². The monoisotopic (exact) mass is 424 g/mol. The summed E-state index contributed by atoms with van der Waals surface area (Å²) in [5, 5.41) is 2.91. The molecule has 0 aliphatic rings. The Morgan fingerprint density at radius 2 is 1.87 bits per heavy atom. The Morgan fingerprint density at radius 1 is 1.10 bits per heavy atom. The SMILES string of the molecule is COCCCN(Cc1csc(COc2ccc(C)cc2)n1)C(=O)Cc1ccccc1. The van der Waals surface area contributed by atoms with Crippen LogP contribution >= 0.6 is 11.3 Å². The molecule has 0 N–H and O–H groups in total. The van der Waals surface area contributed by atoms with Crippen LogP contribution in [0, 0.1) is 6.92 Å². The Morgan fingerprint density at radius 3 is 2.60 bits per heavy atom. The zero-order chi connectivity index (χ0) is 21.2. The minimum Gasteiger partial charge on any atom is -0.486 e. The van der Waals surface area contributed by atoms with E-state index in [1.54, 1.807) is 18.4 Å². The summed E-state index contributed by atoms with van der Waals surface area (Å²) in [6.45, 7) is 4.24. The molecule has 158 valence electrons. The van der Waals surface area contributed by atoms with Crippen LogP contribution in [-0.2, 0) is 29.1 Å². The first-order chi connectivity index (χ1) is 14.6. The Hall–Kier alpha value is -2.70. The molecule has 1 amide bonds. The van der Waals surface area contributed by atoms with Gasteiger partial charge in [-0.2, -0.15) is 0 Å². The molecule has 5 nitrogen and oxygen atoms in total. The van der Waals surface area contributed by atoms with Gasteiger partial charge in [-0.3, -0.25) is 4.79 Å². The van der Waals surface area contributed by atoms with Crippen molar-refractivity contribution in [2.45, 2.75) is 32.9 Å². The van der Waals surface area contributed by atoms with Crippen molar-refractivity contribution in [1.29, 1.82) is 0 Å².